The summed E-state index contributed by atoms with van der Waals surface area (Å²) >= 11 is 0. The minimum absolute atomic E-state index is 0.0969. The van der Waals surface area contributed by atoms with Gasteiger partial charge in [0.1, 0.15) is 6.33 Å². The Labute approximate surface area is 211 Å². The molecule has 2 aromatic heterocycles. The van der Waals surface area contributed by atoms with Crippen molar-refractivity contribution in [2.75, 3.05) is 31.2 Å². The molecule has 0 saturated carbocycles. The maximum absolute atomic E-state index is 13.5. The van der Waals surface area contributed by atoms with Gasteiger partial charge in [-0.15, -0.1) is 0 Å². The zero-order chi connectivity index (χ0) is 26.0. The number of nitro benzene ring substituents is 1. The molecule has 2 aromatic carbocycles. The lowest BCUT2D eigenvalue weighted by Gasteiger charge is -2.29. The summed E-state index contributed by atoms with van der Waals surface area (Å²) in [4.78, 5) is 32.8. The minimum atomic E-state index is -4.09. The maximum atomic E-state index is 13.5. The van der Waals surface area contributed by atoms with Gasteiger partial charge in [-0.2, -0.15) is 0 Å². The SMILES string of the molecule is O=C(/C=C/c1cn(S(=O)(=O)c2ccc([N+](=O)[O-])cc2)c2ccc(N3CCOCC3)cc12)c1cncnc1. The second kappa shape index (κ2) is 9.91. The van der Waals surface area contributed by atoms with Gasteiger partial charge in [0.25, 0.3) is 15.7 Å². The quantitative estimate of drug-likeness (QED) is 0.156. The van der Waals surface area contributed by atoms with Crippen LogP contribution in [-0.2, 0) is 14.8 Å². The van der Waals surface area contributed by atoms with Crippen LogP contribution in [0.3, 0.4) is 0 Å². The Hall–Kier alpha value is -4.42. The predicted octanol–water partition coefficient (Wildman–Crippen LogP) is 3.31. The Morgan fingerprint density at radius 1 is 1.05 bits per heavy atom. The lowest BCUT2D eigenvalue weighted by Crippen LogP contribution is -2.36. The van der Waals surface area contributed by atoms with Crippen LogP contribution in [0, 0.1) is 10.1 Å². The zero-order valence-electron chi connectivity index (χ0n) is 19.4. The van der Waals surface area contributed by atoms with Crippen molar-refractivity contribution in [2.45, 2.75) is 4.90 Å². The summed E-state index contributed by atoms with van der Waals surface area (Å²) in [7, 11) is -4.09. The van der Waals surface area contributed by atoms with Gasteiger partial charge in [0, 0.05) is 60.4 Å². The Kier molecular flexibility index (Phi) is 6.51. The third kappa shape index (κ3) is 4.84. The average Bonchev–Trinajstić information content (AvgIpc) is 3.31. The molecule has 0 spiro atoms. The number of rotatable bonds is 7. The van der Waals surface area contributed by atoms with Gasteiger partial charge in [-0.1, -0.05) is 0 Å². The highest BCUT2D eigenvalue weighted by Gasteiger charge is 2.23. The summed E-state index contributed by atoms with van der Waals surface area (Å²) in [5, 5.41) is 11.6. The van der Waals surface area contributed by atoms with Gasteiger partial charge in [0.15, 0.2) is 5.78 Å². The van der Waals surface area contributed by atoms with E-state index in [0.717, 1.165) is 21.8 Å². The molecule has 11 nitrogen and oxygen atoms in total. The van der Waals surface area contributed by atoms with Crippen molar-refractivity contribution in [1.29, 1.82) is 0 Å². The molecule has 37 heavy (non-hydrogen) atoms. The number of ether oxygens (including phenoxy) is 1. The summed E-state index contributed by atoms with van der Waals surface area (Å²) in [5.41, 5.74) is 1.92. The normalized spacial score (nSPS) is 14.3. The first-order valence-corrected chi connectivity index (χ1v) is 12.7. The van der Waals surface area contributed by atoms with Crippen LogP contribution < -0.4 is 4.90 Å². The number of nitro groups is 1. The van der Waals surface area contributed by atoms with E-state index in [-0.39, 0.29) is 16.4 Å². The molecule has 3 heterocycles. The van der Waals surface area contributed by atoms with Crippen LogP contribution in [0.1, 0.15) is 15.9 Å². The van der Waals surface area contributed by atoms with Gasteiger partial charge in [-0.25, -0.2) is 22.4 Å². The van der Waals surface area contributed by atoms with Crippen LogP contribution in [0.15, 0.2) is 78.4 Å². The first kappa shape index (κ1) is 24.3. The van der Waals surface area contributed by atoms with E-state index < -0.39 is 14.9 Å². The van der Waals surface area contributed by atoms with E-state index >= 15 is 0 Å². The number of ketones is 1. The van der Waals surface area contributed by atoms with Crippen molar-refractivity contribution in [3.63, 3.8) is 0 Å². The lowest BCUT2D eigenvalue weighted by atomic mass is 10.1. The van der Waals surface area contributed by atoms with E-state index in [1.165, 1.54) is 43.1 Å². The fraction of sp³-hybridized carbons (Fsp3) is 0.160. The van der Waals surface area contributed by atoms with Crippen LogP contribution in [-0.4, -0.2) is 59.4 Å². The van der Waals surface area contributed by atoms with Gasteiger partial charge in [0.2, 0.25) is 0 Å². The maximum Gasteiger partial charge on any atom is 0.269 e. The van der Waals surface area contributed by atoms with Gasteiger partial charge < -0.3 is 9.64 Å². The molecule has 5 rings (SSSR count). The molecule has 1 fully saturated rings. The number of nitrogens with zero attached hydrogens (tertiary/aromatic N) is 5. The molecule has 4 aromatic rings. The van der Waals surface area contributed by atoms with Crippen molar-refractivity contribution in [3.05, 3.63) is 94.7 Å². The standard InChI is InChI=1S/C25H21N5O6S/c31-25(19-14-26-17-27-15-19)8-1-18-16-29(37(34,35)22-5-2-20(3-6-22)30(32)33)24-7-4-21(13-23(18)24)28-9-11-36-12-10-28/h1-8,13-17H,9-12H2/b8-1+. The summed E-state index contributed by atoms with van der Waals surface area (Å²) in [6, 6.07) is 10.2. The van der Waals surface area contributed by atoms with E-state index in [9.17, 15) is 23.3 Å². The third-order valence-corrected chi connectivity index (χ3v) is 7.71. The van der Waals surface area contributed by atoms with Crippen molar-refractivity contribution < 1.29 is 22.9 Å². The average molecular weight is 520 g/mol. The van der Waals surface area contributed by atoms with Crippen LogP contribution in [0.2, 0.25) is 0 Å². The lowest BCUT2D eigenvalue weighted by molar-refractivity contribution is -0.384. The van der Waals surface area contributed by atoms with Gasteiger partial charge in [-0.05, 0) is 42.5 Å². The molecule has 12 heteroatoms. The molecule has 0 bridgehead atoms. The van der Waals surface area contributed by atoms with E-state index in [0.29, 0.717) is 48.3 Å². The number of non-ortho nitro benzene ring substituents is 1. The number of anilines is 1. The van der Waals surface area contributed by atoms with Crippen LogP contribution >= 0.6 is 0 Å². The van der Waals surface area contributed by atoms with Crippen molar-refractivity contribution in [2.24, 2.45) is 0 Å². The van der Waals surface area contributed by atoms with Gasteiger partial charge in [0.05, 0.1) is 34.1 Å². The molecule has 1 aliphatic rings. The Balaban J connectivity index is 1.60. The van der Waals surface area contributed by atoms with E-state index in [4.69, 9.17) is 4.74 Å². The summed E-state index contributed by atoms with van der Waals surface area (Å²) < 4.78 is 33.7. The predicted molar refractivity (Wildman–Crippen MR) is 136 cm³/mol. The highest BCUT2D eigenvalue weighted by atomic mass is 32.2. The Morgan fingerprint density at radius 2 is 1.76 bits per heavy atom. The molecular formula is C25H21N5O6S. The molecule has 0 aliphatic carbocycles. The highest BCUT2D eigenvalue weighted by molar-refractivity contribution is 7.90. The first-order valence-electron chi connectivity index (χ1n) is 11.3. The molecule has 0 unspecified atom stereocenters. The van der Waals surface area contributed by atoms with Crippen LogP contribution in [0.4, 0.5) is 11.4 Å². The molecule has 0 atom stereocenters. The summed E-state index contributed by atoms with van der Waals surface area (Å²) in [5.74, 6) is -0.330. The second-order valence-electron chi connectivity index (χ2n) is 8.26. The van der Waals surface area contributed by atoms with Crippen LogP contribution in [0.25, 0.3) is 17.0 Å². The number of fused-ring (bicyclic) bond motifs is 1. The molecule has 188 valence electrons. The molecular weight excluding hydrogens is 498 g/mol. The Morgan fingerprint density at radius 3 is 2.43 bits per heavy atom. The number of morpholine rings is 1. The molecule has 0 radical (unpaired) electrons. The molecule has 1 aliphatic heterocycles. The highest BCUT2D eigenvalue weighted by Crippen LogP contribution is 2.31. The molecule has 0 N–H and O–H groups in total. The van der Waals surface area contributed by atoms with Gasteiger partial charge in [-0.3, -0.25) is 14.9 Å². The van der Waals surface area contributed by atoms with Crippen molar-refractivity contribution in [3.8, 4) is 0 Å². The van der Waals surface area contributed by atoms with E-state index in [2.05, 4.69) is 14.9 Å². The number of carbonyl (C=O) groups is 1. The number of allylic oxidation sites excluding steroid dienone is 1. The number of carbonyl (C=O) groups excluding carboxylic acids is 1. The number of benzene rings is 2. The van der Waals surface area contributed by atoms with Crippen LogP contribution in [0.5, 0.6) is 0 Å². The van der Waals surface area contributed by atoms with Crippen molar-refractivity contribution in [1.82, 2.24) is 13.9 Å². The summed E-state index contributed by atoms with van der Waals surface area (Å²) in [6.07, 6.45) is 8.47. The number of hydrogen-bond donors (Lipinski definition) is 0. The largest absolute Gasteiger partial charge is 0.378 e. The fourth-order valence-electron chi connectivity index (χ4n) is 4.10. The van der Waals surface area contributed by atoms with E-state index in [1.54, 1.807) is 12.1 Å². The third-order valence-electron chi connectivity index (χ3n) is 6.02. The van der Waals surface area contributed by atoms with Crippen molar-refractivity contribution >= 4 is 44.2 Å². The second-order valence-corrected chi connectivity index (χ2v) is 10.1. The fourth-order valence-corrected chi connectivity index (χ4v) is 5.48. The Bertz CT molecular complexity index is 1610. The van der Waals surface area contributed by atoms with E-state index in [1.807, 2.05) is 12.1 Å². The molecule has 0 amide bonds. The molecule has 1 saturated heterocycles. The number of hydrogen-bond acceptors (Lipinski definition) is 9. The first-order chi connectivity index (χ1) is 17.8. The topological polar surface area (TPSA) is 138 Å². The monoisotopic (exact) mass is 519 g/mol. The zero-order valence-corrected chi connectivity index (χ0v) is 20.2. The minimum Gasteiger partial charge on any atom is -0.378 e. The summed E-state index contributed by atoms with van der Waals surface area (Å²) in [6.45, 7) is 2.58. The smallest absolute Gasteiger partial charge is 0.269 e. The number of aromatic nitrogens is 3. The van der Waals surface area contributed by atoms with Gasteiger partial charge >= 0.3 is 0 Å².